The summed E-state index contributed by atoms with van der Waals surface area (Å²) in [7, 11) is 0. The van der Waals surface area contributed by atoms with Gasteiger partial charge in [-0.1, -0.05) is 0 Å². The van der Waals surface area contributed by atoms with E-state index >= 15 is 0 Å². The van der Waals surface area contributed by atoms with Gasteiger partial charge in [-0.25, -0.2) is 14.4 Å². The van der Waals surface area contributed by atoms with Crippen molar-refractivity contribution in [3.8, 4) is 10.6 Å². The molecule has 1 aliphatic carbocycles. The molecule has 0 bridgehead atoms. The van der Waals surface area contributed by atoms with Crippen molar-refractivity contribution in [3.63, 3.8) is 0 Å². The third-order valence-corrected chi connectivity index (χ3v) is 5.74. The van der Waals surface area contributed by atoms with Gasteiger partial charge < -0.3 is 4.90 Å². The van der Waals surface area contributed by atoms with Gasteiger partial charge in [-0.2, -0.15) is 0 Å². The predicted molar refractivity (Wildman–Crippen MR) is 78.1 cm³/mol. The number of halogens is 2. The van der Waals surface area contributed by atoms with E-state index in [0.717, 1.165) is 11.1 Å². The molecule has 1 amide bonds. The average Bonchev–Trinajstić information content (AvgIpc) is 3.10. The van der Waals surface area contributed by atoms with E-state index in [9.17, 15) is 9.18 Å². The van der Waals surface area contributed by atoms with E-state index in [1.165, 1.54) is 11.3 Å². The molecule has 2 aromatic rings. The van der Waals surface area contributed by atoms with Crippen LogP contribution in [0.25, 0.3) is 10.6 Å². The first-order valence-electron chi connectivity index (χ1n) is 7.84. The normalized spacial score (nSPS) is 21.2. The maximum atomic E-state index is 14.1. The van der Waals surface area contributed by atoms with Gasteiger partial charge in [-0.15, -0.1) is 11.3 Å². The predicted octanol–water partition coefficient (Wildman–Crippen LogP) is 3.38. The van der Waals surface area contributed by atoms with Crippen LogP contribution in [0.5, 0.6) is 0 Å². The maximum Gasteiger partial charge on any atom is 0.255 e. The molecular weight excluding hydrogens is 313 g/mol. The van der Waals surface area contributed by atoms with Gasteiger partial charge in [0.1, 0.15) is 5.69 Å². The Balaban J connectivity index is 1.91. The lowest BCUT2D eigenvalue weighted by Crippen LogP contribution is -2.29. The molecule has 21 heavy (non-hydrogen) atoms. The van der Waals surface area contributed by atoms with Gasteiger partial charge in [-0.05, 0) is 36.9 Å². The van der Waals surface area contributed by atoms with E-state index in [2.05, 4.69) is 9.97 Å². The Labute approximate surface area is 133 Å². The van der Waals surface area contributed by atoms with Crippen LogP contribution in [-0.4, -0.2) is 27.8 Å². The lowest BCUT2D eigenvalue weighted by atomic mass is 10.1. The number of thiophene rings is 1. The molecule has 0 atom stereocenters. The standard InChI is InChI=1S/C14H11ClFN3OS/c1-6-8-11(14(3-4-14)19(2)12(8)20)21-10(6)9-7(16)5-17-13(15)18-9/h5H,3-4H2,1-2H3/i2D3. The summed E-state index contributed by atoms with van der Waals surface area (Å²) in [6.45, 7) is -0.820. The lowest BCUT2D eigenvalue weighted by molar-refractivity contribution is 0.0755. The topological polar surface area (TPSA) is 46.1 Å². The maximum absolute atomic E-state index is 14.1. The zero-order chi connectivity index (χ0) is 17.4. The van der Waals surface area contributed by atoms with Crippen LogP contribution < -0.4 is 0 Å². The Morgan fingerprint density at radius 2 is 2.33 bits per heavy atom. The van der Waals surface area contributed by atoms with Crippen LogP contribution in [0.15, 0.2) is 6.20 Å². The molecule has 108 valence electrons. The molecule has 0 radical (unpaired) electrons. The summed E-state index contributed by atoms with van der Waals surface area (Å²) < 4.78 is 37.1. The van der Waals surface area contributed by atoms with Crippen molar-refractivity contribution in [2.24, 2.45) is 0 Å². The minimum absolute atomic E-state index is 0.0379. The monoisotopic (exact) mass is 326 g/mol. The number of rotatable bonds is 1. The summed E-state index contributed by atoms with van der Waals surface area (Å²) in [5.74, 6) is -1.16. The molecule has 0 unspecified atom stereocenters. The molecule has 1 fully saturated rings. The molecule has 0 aromatic carbocycles. The van der Waals surface area contributed by atoms with Crippen LogP contribution in [0.2, 0.25) is 5.28 Å². The van der Waals surface area contributed by atoms with E-state index in [4.69, 9.17) is 15.7 Å². The van der Waals surface area contributed by atoms with Crippen molar-refractivity contribution in [2.45, 2.75) is 25.3 Å². The molecule has 4 nitrogen and oxygen atoms in total. The molecule has 0 saturated heterocycles. The lowest BCUT2D eigenvalue weighted by Gasteiger charge is -2.19. The van der Waals surface area contributed by atoms with E-state index in [1.54, 1.807) is 6.92 Å². The van der Waals surface area contributed by atoms with Gasteiger partial charge in [0, 0.05) is 16.0 Å². The Morgan fingerprint density at radius 1 is 1.57 bits per heavy atom. The molecule has 7 heteroatoms. The molecule has 2 aromatic heterocycles. The summed E-state index contributed by atoms with van der Waals surface area (Å²) in [6.07, 6.45) is 2.17. The SMILES string of the molecule is [2H]C([2H])([2H])N1C(=O)c2c(sc(-c3nc(Cl)ncc3F)c2C)C12CC2. The third-order valence-electron chi connectivity index (χ3n) is 4.07. The number of hydrogen-bond donors (Lipinski definition) is 0. The van der Waals surface area contributed by atoms with Gasteiger partial charge in [0.15, 0.2) is 5.82 Å². The molecule has 2 aliphatic rings. The number of carbonyl (C=O) groups is 1. The van der Waals surface area contributed by atoms with Crippen molar-refractivity contribution in [3.05, 3.63) is 33.3 Å². The van der Waals surface area contributed by atoms with Crippen LogP contribution in [0.3, 0.4) is 0 Å². The van der Waals surface area contributed by atoms with Crippen LogP contribution in [0.4, 0.5) is 4.39 Å². The summed E-state index contributed by atoms with van der Waals surface area (Å²) in [4.78, 5) is 22.4. The van der Waals surface area contributed by atoms with Crippen LogP contribution >= 0.6 is 22.9 Å². The van der Waals surface area contributed by atoms with E-state index in [1.807, 2.05) is 0 Å². The molecule has 1 aliphatic heterocycles. The minimum Gasteiger partial charge on any atom is -0.331 e. The molecule has 4 rings (SSSR count). The third kappa shape index (κ3) is 1.57. The van der Waals surface area contributed by atoms with Crippen molar-refractivity contribution >= 4 is 28.8 Å². The highest BCUT2D eigenvalue weighted by molar-refractivity contribution is 7.16. The van der Waals surface area contributed by atoms with Crippen molar-refractivity contribution in [2.75, 3.05) is 6.98 Å². The summed E-state index contributed by atoms with van der Waals surface area (Å²) in [5.41, 5.74) is 0.152. The summed E-state index contributed by atoms with van der Waals surface area (Å²) >= 11 is 6.98. The number of fused-ring (bicyclic) bond motifs is 2. The summed E-state index contributed by atoms with van der Waals surface area (Å²) in [5, 5.41) is -0.0871. The molecule has 1 saturated carbocycles. The Morgan fingerprint density at radius 3 is 3.00 bits per heavy atom. The first-order chi connectivity index (χ1) is 11.2. The second-order valence-electron chi connectivity index (χ2n) is 5.27. The Hall–Kier alpha value is -1.53. The second-order valence-corrected chi connectivity index (χ2v) is 6.63. The van der Waals surface area contributed by atoms with Crippen LogP contribution in [0, 0.1) is 12.7 Å². The van der Waals surface area contributed by atoms with Crippen molar-refractivity contribution in [1.29, 1.82) is 0 Å². The number of amides is 1. The first-order valence-corrected chi connectivity index (χ1v) is 7.53. The fourth-order valence-electron chi connectivity index (χ4n) is 2.81. The zero-order valence-corrected chi connectivity index (χ0v) is 12.5. The average molecular weight is 327 g/mol. The molecule has 1 spiro atoms. The quantitative estimate of drug-likeness (QED) is 0.755. The highest BCUT2D eigenvalue weighted by atomic mass is 35.5. The van der Waals surface area contributed by atoms with E-state index < -0.39 is 24.2 Å². The fraction of sp³-hybridized carbons (Fsp3) is 0.357. The first kappa shape index (κ1) is 10.2. The Kier molecular flexibility index (Phi) is 1.96. The Bertz CT molecular complexity index is 894. The van der Waals surface area contributed by atoms with Crippen molar-refractivity contribution < 1.29 is 13.3 Å². The van der Waals surface area contributed by atoms with Gasteiger partial charge in [-0.3, -0.25) is 4.79 Å². The van der Waals surface area contributed by atoms with Gasteiger partial charge >= 0.3 is 0 Å². The highest BCUT2D eigenvalue weighted by Gasteiger charge is 2.58. The fourth-order valence-corrected chi connectivity index (χ4v) is 4.47. The minimum atomic E-state index is -2.50. The smallest absolute Gasteiger partial charge is 0.255 e. The van der Waals surface area contributed by atoms with Crippen LogP contribution in [-0.2, 0) is 5.54 Å². The van der Waals surface area contributed by atoms with Crippen LogP contribution in [0.1, 0.15) is 37.8 Å². The van der Waals surface area contributed by atoms with Gasteiger partial charge in [0.25, 0.3) is 5.91 Å². The molecular formula is C14H11ClFN3OS. The second kappa shape index (κ2) is 4.01. The number of aromatic nitrogens is 2. The van der Waals surface area contributed by atoms with Crippen molar-refractivity contribution in [1.82, 2.24) is 14.9 Å². The van der Waals surface area contributed by atoms with E-state index in [-0.39, 0.29) is 11.0 Å². The number of hydrogen-bond acceptors (Lipinski definition) is 4. The zero-order valence-electron chi connectivity index (χ0n) is 13.9. The molecule has 3 heterocycles. The highest BCUT2D eigenvalue weighted by Crippen LogP contribution is 2.60. The molecule has 0 N–H and O–H groups in total. The largest absolute Gasteiger partial charge is 0.331 e. The summed E-state index contributed by atoms with van der Waals surface area (Å²) in [6, 6.07) is 0. The number of carbonyl (C=O) groups excluding carboxylic acids is 1. The van der Waals surface area contributed by atoms with E-state index in [0.29, 0.717) is 33.7 Å². The van der Waals surface area contributed by atoms with Gasteiger partial charge in [0.2, 0.25) is 5.28 Å². The van der Waals surface area contributed by atoms with Gasteiger partial charge in [0.05, 0.1) is 22.2 Å². The number of nitrogens with zero attached hydrogens (tertiary/aromatic N) is 3.